The molecule has 2 aromatic carbocycles. The van der Waals surface area contributed by atoms with Gasteiger partial charge in [0.15, 0.2) is 0 Å². The normalized spacial score (nSPS) is 13.5. The second-order valence-corrected chi connectivity index (χ2v) is 9.53. The number of aliphatic hydroxyl groups excluding tert-OH is 1. The molecule has 1 aliphatic rings. The first-order valence-electron chi connectivity index (χ1n) is 12.5. The van der Waals surface area contributed by atoms with Gasteiger partial charge < -0.3 is 20.7 Å². The van der Waals surface area contributed by atoms with E-state index < -0.39 is 12.0 Å². The average Bonchev–Trinajstić information content (AvgIpc) is 3.58. The van der Waals surface area contributed by atoms with Gasteiger partial charge in [0.25, 0.3) is 11.5 Å². The van der Waals surface area contributed by atoms with E-state index in [1.807, 2.05) is 57.9 Å². The van der Waals surface area contributed by atoms with Crippen LogP contribution in [0.15, 0.2) is 71.9 Å². The molecule has 0 saturated carbocycles. The monoisotopic (exact) mass is 509 g/mol. The van der Waals surface area contributed by atoms with Gasteiger partial charge in [-0.2, -0.15) is 0 Å². The summed E-state index contributed by atoms with van der Waals surface area (Å²) >= 11 is 0. The molecule has 1 atom stereocenters. The lowest BCUT2D eigenvalue weighted by Gasteiger charge is -2.08. The fourth-order valence-corrected chi connectivity index (χ4v) is 5.24. The number of nitrogens with two attached hydrogens (primary N) is 1. The zero-order valence-electron chi connectivity index (χ0n) is 20.8. The predicted molar refractivity (Wildman–Crippen MR) is 145 cm³/mol. The van der Waals surface area contributed by atoms with E-state index in [-0.39, 0.29) is 11.1 Å². The molecule has 5 aromatic rings. The molecule has 0 aliphatic carbocycles. The second kappa shape index (κ2) is 9.31. The summed E-state index contributed by atoms with van der Waals surface area (Å²) in [5.41, 5.74) is 10.4. The SMILES string of the molecule is C[C@@H](O)Cn1cc(-c2ccc(NC(=O)c3c4n(n(-c5ccccc5)c3=O)CCC4)cc2)c2c(N)ncnc21. The molecule has 0 fully saturated rings. The topological polar surface area (TPSA) is 133 Å². The standard InChI is InChI=1S/C28H27N7O3/c1-17(36)14-33-15-21(23-25(29)30-16-31-26(23)33)18-9-11-19(12-10-18)32-27(37)24-22-8-5-13-34(22)35(28(24)38)20-6-3-2-4-7-20/h2-4,6-7,9-12,15-17,36H,5,8,13-14H2,1H3,(H,32,37)(H2,29,30,31)/t17-/m1/s1. The van der Waals surface area contributed by atoms with E-state index >= 15 is 0 Å². The minimum atomic E-state index is -0.561. The third-order valence-corrected chi connectivity index (χ3v) is 6.86. The van der Waals surface area contributed by atoms with Gasteiger partial charge in [0.05, 0.1) is 22.9 Å². The lowest BCUT2D eigenvalue weighted by molar-refractivity contribution is 0.102. The molecule has 38 heavy (non-hydrogen) atoms. The molecular formula is C28H27N7O3. The Morgan fingerprint density at radius 3 is 2.63 bits per heavy atom. The minimum Gasteiger partial charge on any atom is -0.392 e. The lowest BCUT2D eigenvalue weighted by atomic mass is 10.1. The van der Waals surface area contributed by atoms with E-state index in [9.17, 15) is 14.7 Å². The van der Waals surface area contributed by atoms with Crippen molar-refractivity contribution in [2.24, 2.45) is 0 Å². The van der Waals surface area contributed by atoms with E-state index in [1.165, 1.54) is 6.33 Å². The Balaban J connectivity index is 1.31. The van der Waals surface area contributed by atoms with Crippen LogP contribution in [-0.2, 0) is 19.5 Å². The molecule has 192 valence electrons. The van der Waals surface area contributed by atoms with Crippen LogP contribution in [0.4, 0.5) is 11.5 Å². The number of hydrogen-bond acceptors (Lipinski definition) is 6. The number of anilines is 2. The van der Waals surface area contributed by atoms with E-state index in [0.717, 1.165) is 28.9 Å². The highest BCUT2D eigenvalue weighted by atomic mass is 16.3. The van der Waals surface area contributed by atoms with Gasteiger partial charge in [-0.05, 0) is 49.6 Å². The number of rotatable bonds is 6. The van der Waals surface area contributed by atoms with Crippen LogP contribution in [0.5, 0.6) is 0 Å². The number of amides is 1. The van der Waals surface area contributed by atoms with Gasteiger partial charge in [-0.15, -0.1) is 0 Å². The molecule has 10 heteroatoms. The van der Waals surface area contributed by atoms with Crippen LogP contribution in [0.3, 0.4) is 0 Å². The fourth-order valence-electron chi connectivity index (χ4n) is 5.24. The molecule has 0 saturated heterocycles. The summed E-state index contributed by atoms with van der Waals surface area (Å²) in [6, 6.07) is 16.7. The Bertz CT molecular complexity index is 1710. The smallest absolute Gasteiger partial charge is 0.284 e. The predicted octanol–water partition coefficient (Wildman–Crippen LogP) is 3.21. The van der Waals surface area contributed by atoms with Crippen molar-refractivity contribution in [2.75, 3.05) is 11.1 Å². The molecule has 1 aliphatic heterocycles. The van der Waals surface area contributed by atoms with E-state index in [4.69, 9.17) is 5.73 Å². The Morgan fingerprint density at radius 2 is 1.89 bits per heavy atom. The molecule has 0 spiro atoms. The molecular weight excluding hydrogens is 482 g/mol. The maximum absolute atomic E-state index is 13.3. The third kappa shape index (κ3) is 3.95. The van der Waals surface area contributed by atoms with Crippen molar-refractivity contribution in [1.82, 2.24) is 23.9 Å². The van der Waals surface area contributed by atoms with Crippen molar-refractivity contribution in [3.63, 3.8) is 0 Å². The van der Waals surface area contributed by atoms with Crippen molar-refractivity contribution < 1.29 is 9.90 Å². The van der Waals surface area contributed by atoms with Crippen LogP contribution in [0.2, 0.25) is 0 Å². The number of aliphatic hydroxyl groups is 1. The Kier molecular flexibility index (Phi) is 5.80. The molecule has 10 nitrogen and oxygen atoms in total. The first kappa shape index (κ1) is 23.7. The van der Waals surface area contributed by atoms with Gasteiger partial charge in [-0.25, -0.2) is 14.6 Å². The maximum Gasteiger partial charge on any atom is 0.284 e. The van der Waals surface area contributed by atoms with Crippen molar-refractivity contribution in [2.45, 2.75) is 39.0 Å². The number of aromatic nitrogens is 5. The number of carbonyl (C=O) groups is 1. The molecule has 0 radical (unpaired) electrons. The van der Waals surface area contributed by atoms with Gasteiger partial charge >= 0.3 is 0 Å². The largest absolute Gasteiger partial charge is 0.392 e. The number of nitrogens with zero attached hydrogens (tertiary/aromatic N) is 5. The van der Waals surface area contributed by atoms with Crippen molar-refractivity contribution in [3.8, 4) is 16.8 Å². The lowest BCUT2D eigenvalue weighted by Crippen LogP contribution is -2.26. The van der Waals surface area contributed by atoms with Crippen LogP contribution in [0.25, 0.3) is 27.8 Å². The fraction of sp³-hybridized carbons (Fsp3) is 0.214. The van der Waals surface area contributed by atoms with Gasteiger partial charge in [0.1, 0.15) is 23.4 Å². The molecule has 1 amide bonds. The number of benzene rings is 2. The zero-order valence-corrected chi connectivity index (χ0v) is 20.8. The summed E-state index contributed by atoms with van der Waals surface area (Å²) in [7, 11) is 0. The second-order valence-electron chi connectivity index (χ2n) is 9.53. The molecule has 4 heterocycles. The molecule has 0 unspecified atom stereocenters. The number of fused-ring (bicyclic) bond motifs is 2. The number of hydrogen-bond donors (Lipinski definition) is 3. The highest BCUT2D eigenvalue weighted by Crippen LogP contribution is 2.33. The third-order valence-electron chi connectivity index (χ3n) is 6.86. The van der Waals surface area contributed by atoms with Crippen LogP contribution >= 0.6 is 0 Å². The van der Waals surface area contributed by atoms with Crippen LogP contribution < -0.4 is 16.6 Å². The zero-order chi connectivity index (χ0) is 26.4. The van der Waals surface area contributed by atoms with E-state index in [0.29, 0.717) is 42.0 Å². The molecule has 0 bridgehead atoms. The number of para-hydroxylation sites is 1. The summed E-state index contributed by atoms with van der Waals surface area (Å²) in [5.74, 6) is -0.0711. The van der Waals surface area contributed by atoms with Gasteiger partial charge in [-0.3, -0.25) is 14.3 Å². The van der Waals surface area contributed by atoms with Crippen LogP contribution in [0.1, 0.15) is 29.4 Å². The van der Waals surface area contributed by atoms with Gasteiger partial charge in [0, 0.05) is 30.5 Å². The summed E-state index contributed by atoms with van der Waals surface area (Å²) < 4.78 is 5.36. The number of nitrogen functional groups attached to an aromatic ring is 1. The van der Waals surface area contributed by atoms with E-state index in [2.05, 4.69) is 15.3 Å². The number of carbonyl (C=O) groups excluding carboxylic acids is 1. The summed E-state index contributed by atoms with van der Waals surface area (Å²) in [6.45, 7) is 2.77. The first-order chi connectivity index (χ1) is 18.4. The summed E-state index contributed by atoms with van der Waals surface area (Å²) in [6.07, 6.45) is 4.30. The van der Waals surface area contributed by atoms with Gasteiger partial charge in [0.2, 0.25) is 0 Å². The quantitative estimate of drug-likeness (QED) is 0.322. The van der Waals surface area contributed by atoms with Crippen LogP contribution in [0, 0.1) is 0 Å². The molecule has 6 rings (SSSR count). The number of nitrogens with one attached hydrogen (secondary N) is 1. The molecule has 3 aromatic heterocycles. The summed E-state index contributed by atoms with van der Waals surface area (Å²) in [4.78, 5) is 35.2. The Labute approximate surface area is 218 Å². The van der Waals surface area contributed by atoms with Crippen LogP contribution in [-0.4, -0.2) is 41.0 Å². The van der Waals surface area contributed by atoms with Crippen molar-refractivity contribution in [1.29, 1.82) is 0 Å². The van der Waals surface area contributed by atoms with Crippen molar-refractivity contribution in [3.05, 3.63) is 88.7 Å². The summed E-state index contributed by atoms with van der Waals surface area (Å²) in [5, 5.41) is 13.5. The van der Waals surface area contributed by atoms with Gasteiger partial charge in [-0.1, -0.05) is 30.3 Å². The van der Waals surface area contributed by atoms with Crippen molar-refractivity contribution >= 4 is 28.4 Å². The first-order valence-corrected chi connectivity index (χ1v) is 12.5. The van der Waals surface area contributed by atoms with E-state index in [1.54, 1.807) is 23.7 Å². The average molecular weight is 510 g/mol. The molecule has 4 N–H and O–H groups in total. The maximum atomic E-state index is 13.3. The highest BCUT2D eigenvalue weighted by Gasteiger charge is 2.28. The Morgan fingerprint density at radius 1 is 1.13 bits per heavy atom. The minimum absolute atomic E-state index is 0.182. The Hall–Kier alpha value is -4.70. The highest BCUT2D eigenvalue weighted by molar-refractivity contribution is 6.05.